The Balaban J connectivity index is 1.29. The molecule has 2 aromatic heterocycles. The summed E-state index contributed by atoms with van der Waals surface area (Å²) in [5, 5.41) is 8.93. The maximum Gasteiger partial charge on any atom is 0.323 e. The lowest BCUT2D eigenvalue weighted by molar-refractivity contribution is 0.262. The van der Waals surface area contributed by atoms with Crippen LogP contribution in [0.4, 0.5) is 27.8 Å². The van der Waals surface area contributed by atoms with Crippen LogP contribution in [0.25, 0.3) is 11.3 Å². The minimum atomic E-state index is -0.328. The standard InChI is InChI=1S/C30H33BrN8O2/c1-19-16-21(8-10-27(19)41-28-23(6-5-13-33-28)24-11-14-34-29(32-2)36-24)35-30(40)37-25-17-20(31)7-9-26(25)39(4)22-12-15-38(3)18-22/h5-11,13-14,16-17,22H,12,15,18H2,1-4H3,(H,32,34,36)(H2,35,37,40)/t22-/m1/s1. The van der Waals surface area contributed by atoms with Gasteiger partial charge in [-0.15, -0.1) is 0 Å². The van der Waals surface area contributed by atoms with Gasteiger partial charge in [-0.3, -0.25) is 0 Å². The average Bonchev–Trinajstić information content (AvgIpc) is 3.40. The number of aromatic nitrogens is 3. The number of likely N-dealkylation sites (N-methyl/N-ethyl adjacent to an activating group) is 2. The SMILES string of the molecule is CNc1nccc(-c2cccnc2Oc2ccc(NC(=O)Nc3cc(Br)ccc3N(C)[C@@H]3CCN(C)C3)cc2C)n1. The Morgan fingerprint density at radius 1 is 1.10 bits per heavy atom. The minimum absolute atomic E-state index is 0.328. The number of likely N-dealkylation sites (tertiary alicyclic amines) is 1. The van der Waals surface area contributed by atoms with E-state index in [9.17, 15) is 4.79 Å². The first-order chi connectivity index (χ1) is 19.8. The van der Waals surface area contributed by atoms with Gasteiger partial charge >= 0.3 is 6.03 Å². The topological polar surface area (TPSA) is 108 Å². The lowest BCUT2D eigenvalue weighted by Gasteiger charge is -2.29. The zero-order valence-corrected chi connectivity index (χ0v) is 25.1. The van der Waals surface area contributed by atoms with E-state index in [1.165, 1.54) is 0 Å². The number of nitrogens with one attached hydrogen (secondary N) is 3. The molecule has 1 aliphatic heterocycles. The Hall–Kier alpha value is -4.22. The lowest BCUT2D eigenvalue weighted by atomic mass is 10.1. The van der Waals surface area contributed by atoms with Crippen molar-refractivity contribution in [2.75, 3.05) is 55.1 Å². The number of carbonyl (C=O) groups is 1. The summed E-state index contributed by atoms with van der Waals surface area (Å²) >= 11 is 3.54. The van der Waals surface area contributed by atoms with Gasteiger partial charge in [-0.2, -0.15) is 0 Å². The second kappa shape index (κ2) is 12.5. The number of amides is 2. The number of anilines is 4. The molecule has 4 aromatic rings. The smallest absolute Gasteiger partial charge is 0.323 e. The molecule has 11 heteroatoms. The largest absolute Gasteiger partial charge is 0.438 e. The van der Waals surface area contributed by atoms with Crippen LogP contribution in [0.5, 0.6) is 11.6 Å². The number of hydrogen-bond acceptors (Lipinski definition) is 8. The van der Waals surface area contributed by atoms with Gasteiger partial charge in [0.25, 0.3) is 0 Å². The van der Waals surface area contributed by atoms with E-state index < -0.39 is 0 Å². The van der Waals surface area contributed by atoms with E-state index in [4.69, 9.17) is 4.74 Å². The molecule has 1 saturated heterocycles. The van der Waals surface area contributed by atoms with Gasteiger partial charge in [-0.05, 0) is 87.1 Å². The highest BCUT2D eigenvalue weighted by Crippen LogP contribution is 2.34. The van der Waals surface area contributed by atoms with E-state index >= 15 is 0 Å². The molecule has 2 amide bonds. The summed E-state index contributed by atoms with van der Waals surface area (Å²) in [6.07, 6.45) is 4.44. The fraction of sp³-hybridized carbons (Fsp3) is 0.267. The second-order valence-corrected chi connectivity index (χ2v) is 10.9. The van der Waals surface area contributed by atoms with Crippen LogP contribution in [0.3, 0.4) is 0 Å². The number of nitrogens with zero attached hydrogens (tertiary/aromatic N) is 5. The van der Waals surface area contributed by atoms with E-state index in [1.54, 1.807) is 25.5 Å². The van der Waals surface area contributed by atoms with Gasteiger partial charge in [0, 0.05) is 49.2 Å². The Morgan fingerprint density at radius 2 is 1.95 bits per heavy atom. The molecule has 2 aromatic carbocycles. The summed E-state index contributed by atoms with van der Waals surface area (Å²) in [5.41, 5.74) is 4.63. The monoisotopic (exact) mass is 616 g/mol. The van der Waals surface area contributed by atoms with Gasteiger partial charge in [-0.25, -0.2) is 19.7 Å². The second-order valence-electron chi connectivity index (χ2n) is 10.0. The molecule has 0 spiro atoms. The Kier molecular flexibility index (Phi) is 8.65. The van der Waals surface area contributed by atoms with Crippen molar-refractivity contribution in [3.05, 3.63) is 77.0 Å². The molecule has 0 radical (unpaired) electrons. The maximum absolute atomic E-state index is 13.1. The molecule has 0 saturated carbocycles. The molecule has 0 aliphatic carbocycles. The molecule has 5 rings (SSSR count). The van der Waals surface area contributed by atoms with Crippen LogP contribution in [-0.2, 0) is 0 Å². The normalized spacial score (nSPS) is 14.9. The Morgan fingerprint density at radius 3 is 2.71 bits per heavy atom. The number of aryl methyl sites for hydroxylation is 1. The molecular formula is C30H33BrN8O2. The molecule has 3 heterocycles. The van der Waals surface area contributed by atoms with Crippen LogP contribution < -0.4 is 25.6 Å². The summed E-state index contributed by atoms with van der Waals surface area (Å²) in [5.74, 6) is 1.56. The van der Waals surface area contributed by atoms with E-state index in [1.807, 2.05) is 55.5 Å². The van der Waals surface area contributed by atoms with Crippen LogP contribution >= 0.6 is 15.9 Å². The fourth-order valence-electron chi connectivity index (χ4n) is 4.87. The molecule has 3 N–H and O–H groups in total. The fourth-order valence-corrected chi connectivity index (χ4v) is 5.23. The lowest BCUT2D eigenvalue weighted by Crippen LogP contribution is -2.34. The quantitative estimate of drug-likeness (QED) is 0.214. The van der Waals surface area contributed by atoms with Crippen molar-refractivity contribution in [2.45, 2.75) is 19.4 Å². The van der Waals surface area contributed by atoms with Crippen LogP contribution in [0.2, 0.25) is 0 Å². The van der Waals surface area contributed by atoms with Crippen molar-refractivity contribution in [1.82, 2.24) is 19.9 Å². The zero-order chi connectivity index (χ0) is 28.9. The summed E-state index contributed by atoms with van der Waals surface area (Å²) in [6, 6.07) is 17.0. The number of halogens is 1. The molecule has 0 bridgehead atoms. The molecule has 1 fully saturated rings. The molecule has 41 heavy (non-hydrogen) atoms. The van der Waals surface area contributed by atoms with Gasteiger partial charge in [0.15, 0.2) is 0 Å². The van der Waals surface area contributed by atoms with Gasteiger partial charge < -0.3 is 30.5 Å². The summed E-state index contributed by atoms with van der Waals surface area (Å²) in [4.78, 5) is 30.7. The van der Waals surface area contributed by atoms with Crippen LogP contribution in [0.1, 0.15) is 12.0 Å². The summed E-state index contributed by atoms with van der Waals surface area (Å²) < 4.78 is 7.09. The number of benzene rings is 2. The van der Waals surface area contributed by atoms with Crippen molar-refractivity contribution in [3.63, 3.8) is 0 Å². The minimum Gasteiger partial charge on any atom is -0.438 e. The van der Waals surface area contributed by atoms with Crippen molar-refractivity contribution >= 4 is 45.0 Å². The number of carbonyl (C=O) groups excluding carboxylic acids is 1. The Labute approximate surface area is 248 Å². The number of rotatable bonds is 8. The first kappa shape index (κ1) is 28.3. The molecule has 1 aliphatic rings. The number of urea groups is 1. The third-order valence-electron chi connectivity index (χ3n) is 7.07. The van der Waals surface area contributed by atoms with Gasteiger partial charge in [0.05, 0.1) is 22.6 Å². The highest BCUT2D eigenvalue weighted by atomic mass is 79.9. The van der Waals surface area contributed by atoms with Gasteiger partial charge in [0.1, 0.15) is 5.75 Å². The number of pyridine rings is 1. The highest BCUT2D eigenvalue weighted by Gasteiger charge is 2.25. The van der Waals surface area contributed by atoms with Crippen molar-refractivity contribution in [1.29, 1.82) is 0 Å². The summed E-state index contributed by atoms with van der Waals surface area (Å²) in [6.45, 7) is 3.97. The molecule has 10 nitrogen and oxygen atoms in total. The maximum atomic E-state index is 13.1. The van der Waals surface area contributed by atoms with E-state index in [-0.39, 0.29) is 6.03 Å². The third-order valence-corrected chi connectivity index (χ3v) is 7.56. The van der Waals surface area contributed by atoms with Crippen LogP contribution in [-0.4, -0.2) is 66.2 Å². The number of hydrogen-bond donors (Lipinski definition) is 3. The summed E-state index contributed by atoms with van der Waals surface area (Å²) in [7, 11) is 5.98. The first-order valence-electron chi connectivity index (χ1n) is 13.3. The van der Waals surface area contributed by atoms with Crippen molar-refractivity contribution < 1.29 is 9.53 Å². The average molecular weight is 618 g/mol. The predicted molar refractivity (Wildman–Crippen MR) is 167 cm³/mol. The zero-order valence-electron chi connectivity index (χ0n) is 23.5. The van der Waals surface area contributed by atoms with E-state index in [0.29, 0.717) is 35.0 Å². The molecule has 1 atom stereocenters. The van der Waals surface area contributed by atoms with E-state index in [0.717, 1.165) is 46.5 Å². The first-order valence-corrected chi connectivity index (χ1v) is 14.1. The van der Waals surface area contributed by atoms with Gasteiger partial charge in [-0.1, -0.05) is 15.9 Å². The van der Waals surface area contributed by atoms with Crippen molar-refractivity contribution in [3.8, 4) is 22.9 Å². The van der Waals surface area contributed by atoms with Crippen molar-refractivity contribution in [2.24, 2.45) is 0 Å². The van der Waals surface area contributed by atoms with Crippen LogP contribution in [0.15, 0.2) is 71.5 Å². The molecule has 212 valence electrons. The Bertz CT molecular complexity index is 1550. The third kappa shape index (κ3) is 6.75. The van der Waals surface area contributed by atoms with E-state index in [2.05, 4.69) is 70.7 Å². The highest BCUT2D eigenvalue weighted by molar-refractivity contribution is 9.10. The predicted octanol–water partition coefficient (Wildman–Crippen LogP) is 6.23. The molecular weight excluding hydrogens is 584 g/mol. The van der Waals surface area contributed by atoms with Crippen LogP contribution in [0, 0.1) is 6.92 Å². The molecule has 0 unspecified atom stereocenters. The number of ether oxygens (including phenoxy) is 1. The van der Waals surface area contributed by atoms with Gasteiger partial charge in [0.2, 0.25) is 11.8 Å².